The molecule has 2 aromatic rings. The molecule has 4 rings (SSSR count). The van der Waals surface area contributed by atoms with E-state index in [1.54, 1.807) is 6.07 Å². The van der Waals surface area contributed by atoms with E-state index in [9.17, 15) is 4.79 Å². The van der Waals surface area contributed by atoms with Crippen LogP contribution in [0, 0.1) is 6.92 Å². The van der Waals surface area contributed by atoms with Crippen LogP contribution in [-0.2, 0) is 23.1 Å². The Kier molecular flexibility index (Phi) is 4.69. The van der Waals surface area contributed by atoms with Crippen molar-refractivity contribution in [3.05, 3.63) is 33.6 Å². The zero-order valence-corrected chi connectivity index (χ0v) is 15.7. The lowest BCUT2D eigenvalue weighted by molar-refractivity contribution is 0.116. The monoisotopic (exact) mass is 357 g/mol. The fraction of sp³-hybridized carbons (Fsp3) is 0.650. The van der Waals surface area contributed by atoms with Crippen molar-refractivity contribution in [2.24, 2.45) is 0 Å². The van der Waals surface area contributed by atoms with Crippen LogP contribution in [0.25, 0.3) is 11.4 Å². The van der Waals surface area contributed by atoms with E-state index in [4.69, 9.17) is 14.2 Å². The first-order chi connectivity index (χ1) is 12.6. The molecule has 0 radical (unpaired) electrons. The van der Waals surface area contributed by atoms with Crippen LogP contribution >= 0.6 is 0 Å². The van der Waals surface area contributed by atoms with Gasteiger partial charge in [-0.2, -0.15) is 4.98 Å². The van der Waals surface area contributed by atoms with E-state index in [0.29, 0.717) is 23.9 Å². The van der Waals surface area contributed by atoms with Crippen molar-refractivity contribution in [3.8, 4) is 11.4 Å². The standard InChI is InChI=1S/C20H27N3O3/c1-3-25-12-10-20(8-4-5-9-20)19-21-18(22-26-19)17-15-7-6-11-23(15)14(2)13-16(17)24/h13H,3-12H2,1-2H3. The number of fused-ring (bicyclic) bond motifs is 1. The van der Waals surface area contributed by atoms with Gasteiger partial charge in [0.05, 0.1) is 11.0 Å². The highest BCUT2D eigenvalue weighted by atomic mass is 16.5. The molecule has 1 fully saturated rings. The Labute approximate surface area is 153 Å². The molecule has 26 heavy (non-hydrogen) atoms. The highest BCUT2D eigenvalue weighted by molar-refractivity contribution is 5.59. The largest absolute Gasteiger partial charge is 0.382 e. The number of nitrogens with zero attached hydrogens (tertiary/aromatic N) is 3. The highest BCUT2D eigenvalue weighted by Gasteiger charge is 2.41. The second kappa shape index (κ2) is 6.99. The van der Waals surface area contributed by atoms with Gasteiger partial charge >= 0.3 is 0 Å². The van der Waals surface area contributed by atoms with Gasteiger partial charge < -0.3 is 13.8 Å². The molecule has 6 heteroatoms. The Morgan fingerprint density at radius 3 is 2.88 bits per heavy atom. The summed E-state index contributed by atoms with van der Waals surface area (Å²) in [6.07, 6.45) is 7.29. The molecule has 0 spiro atoms. The van der Waals surface area contributed by atoms with Crippen molar-refractivity contribution in [1.82, 2.24) is 14.7 Å². The summed E-state index contributed by atoms with van der Waals surface area (Å²) in [5.41, 5.74) is 2.60. The molecule has 2 aromatic heterocycles. The maximum Gasteiger partial charge on any atom is 0.233 e. The lowest BCUT2D eigenvalue weighted by Gasteiger charge is -2.24. The van der Waals surface area contributed by atoms with Gasteiger partial charge in [0.1, 0.15) is 0 Å². The Hall–Kier alpha value is -1.95. The van der Waals surface area contributed by atoms with E-state index < -0.39 is 0 Å². The van der Waals surface area contributed by atoms with E-state index in [1.165, 1.54) is 12.8 Å². The normalized spacial score (nSPS) is 18.4. The van der Waals surface area contributed by atoms with Gasteiger partial charge in [0.15, 0.2) is 5.43 Å². The number of rotatable bonds is 6. The Morgan fingerprint density at radius 1 is 1.31 bits per heavy atom. The number of hydrogen-bond acceptors (Lipinski definition) is 5. The molecule has 0 saturated heterocycles. The smallest absolute Gasteiger partial charge is 0.233 e. The van der Waals surface area contributed by atoms with Crippen molar-refractivity contribution in [1.29, 1.82) is 0 Å². The van der Waals surface area contributed by atoms with E-state index in [0.717, 1.165) is 56.6 Å². The summed E-state index contributed by atoms with van der Waals surface area (Å²) in [5, 5.41) is 4.23. The lowest BCUT2D eigenvalue weighted by atomic mass is 9.83. The Bertz CT molecular complexity index is 846. The lowest BCUT2D eigenvalue weighted by Crippen LogP contribution is -2.25. The predicted octanol–water partition coefficient (Wildman–Crippen LogP) is 3.39. The molecule has 6 nitrogen and oxygen atoms in total. The van der Waals surface area contributed by atoms with Gasteiger partial charge in [-0.3, -0.25) is 4.79 Å². The number of pyridine rings is 1. The predicted molar refractivity (Wildman–Crippen MR) is 98.3 cm³/mol. The summed E-state index contributed by atoms with van der Waals surface area (Å²) in [6.45, 7) is 6.38. The van der Waals surface area contributed by atoms with Gasteiger partial charge in [-0.05, 0) is 46.0 Å². The first kappa shape index (κ1) is 17.5. The van der Waals surface area contributed by atoms with Crippen molar-refractivity contribution in [2.75, 3.05) is 13.2 Å². The molecule has 0 bridgehead atoms. The van der Waals surface area contributed by atoms with Gasteiger partial charge in [-0.15, -0.1) is 0 Å². The van der Waals surface area contributed by atoms with Crippen molar-refractivity contribution in [3.63, 3.8) is 0 Å². The van der Waals surface area contributed by atoms with Crippen LogP contribution in [0.5, 0.6) is 0 Å². The topological polar surface area (TPSA) is 70.2 Å². The zero-order valence-electron chi connectivity index (χ0n) is 15.7. The molecular formula is C20H27N3O3. The van der Waals surface area contributed by atoms with E-state index in [2.05, 4.69) is 9.72 Å². The molecule has 0 atom stereocenters. The first-order valence-corrected chi connectivity index (χ1v) is 9.80. The van der Waals surface area contributed by atoms with E-state index in [-0.39, 0.29) is 10.8 Å². The maximum absolute atomic E-state index is 12.7. The average Bonchev–Trinajstić information content (AvgIpc) is 3.36. The van der Waals surface area contributed by atoms with Crippen LogP contribution in [0.3, 0.4) is 0 Å². The molecule has 3 heterocycles. The third-order valence-corrected chi connectivity index (χ3v) is 6.01. The van der Waals surface area contributed by atoms with Crippen LogP contribution in [-0.4, -0.2) is 27.9 Å². The molecule has 0 aromatic carbocycles. The van der Waals surface area contributed by atoms with Gasteiger partial charge in [0.25, 0.3) is 0 Å². The molecular weight excluding hydrogens is 330 g/mol. The minimum atomic E-state index is -0.0928. The summed E-state index contributed by atoms with van der Waals surface area (Å²) in [5.74, 6) is 1.14. The second-order valence-corrected chi connectivity index (χ2v) is 7.58. The average molecular weight is 357 g/mol. The number of ether oxygens (including phenoxy) is 1. The molecule has 1 aliphatic carbocycles. The first-order valence-electron chi connectivity index (χ1n) is 9.80. The third kappa shape index (κ3) is 2.90. The third-order valence-electron chi connectivity index (χ3n) is 6.01. The van der Waals surface area contributed by atoms with Crippen LogP contribution in [0.4, 0.5) is 0 Å². The van der Waals surface area contributed by atoms with Gasteiger partial charge in [-0.25, -0.2) is 0 Å². The summed E-state index contributed by atoms with van der Waals surface area (Å²) >= 11 is 0. The summed E-state index contributed by atoms with van der Waals surface area (Å²) in [4.78, 5) is 17.4. The van der Waals surface area contributed by atoms with Gasteiger partial charge in [-0.1, -0.05) is 18.0 Å². The fourth-order valence-corrected chi connectivity index (χ4v) is 4.62. The van der Waals surface area contributed by atoms with E-state index in [1.807, 2.05) is 13.8 Å². The van der Waals surface area contributed by atoms with Crippen LogP contribution in [0.1, 0.15) is 62.7 Å². The quantitative estimate of drug-likeness (QED) is 0.741. The summed E-state index contributed by atoms with van der Waals surface area (Å²) in [7, 11) is 0. The Morgan fingerprint density at radius 2 is 2.12 bits per heavy atom. The highest BCUT2D eigenvalue weighted by Crippen LogP contribution is 2.43. The SMILES string of the molecule is CCOCCC1(c2nc(-c3c4n(c(C)cc3=O)CCC4)no2)CCCC1. The Balaban J connectivity index is 1.71. The number of aryl methyl sites for hydroxylation is 1. The van der Waals surface area contributed by atoms with Crippen LogP contribution < -0.4 is 5.43 Å². The zero-order chi connectivity index (χ0) is 18.1. The van der Waals surface area contributed by atoms with Crippen LogP contribution in [0.15, 0.2) is 15.4 Å². The molecule has 0 amide bonds. The second-order valence-electron chi connectivity index (χ2n) is 7.58. The minimum Gasteiger partial charge on any atom is -0.382 e. The minimum absolute atomic E-state index is 0.00205. The maximum atomic E-state index is 12.7. The van der Waals surface area contributed by atoms with Crippen molar-refractivity contribution < 1.29 is 9.26 Å². The molecule has 1 saturated carbocycles. The molecule has 0 N–H and O–H groups in total. The van der Waals surface area contributed by atoms with Gasteiger partial charge in [0.2, 0.25) is 11.7 Å². The number of hydrogen-bond donors (Lipinski definition) is 0. The molecule has 1 aliphatic heterocycles. The summed E-state index contributed by atoms with van der Waals surface area (Å²) < 4.78 is 13.5. The van der Waals surface area contributed by atoms with Crippen molar-refractivity contribution in [2.45, 2.75) is 70.8 Å². The van der Waals surface area contributed by atoms with E-state index >= 15 is 0 Å². The molecule has 0 unspecified atom stereocenters. The van der Waals surface area contributed by atoms with Crippen molar-refractivity contribution >= 4 is 0 Å². The van der Waals surface area contributed by atoms with Gasteiger partial charge in [0, 0.05) is 37.2 Å². The summed E-state index contributed by atoms with van der Waals surface area (Å²) in [6, 6.07) is 1.70. The molecule has 140 valence electrons. The number of aromatic nitrogens is 3. The van der Waals surface area contributed by atoms with Crippen LogP contribution in [0.2, 0.25) is 0 Å². The molecule has 2 aliphatic rings. The fourth-order valence-electron chi connectivity index (χ4n) is 4.62.